The summed E-state index contributed by atoms with van der Waals surface area (Å²) in [7, 11) is 0. The number of aromatic nitrogens is 3. The third-order valence-electron chi connectivity index (χ3n) is 6.81. The molecule has 0 bridgehead atoms. The molecule has 1 fully saturated rings. The lowest BCUT2D eigenvalue weighted by atomic mass is 9.88. The molecule has 4 aromatic rings. The van der Waals surface area contributed by atoms with Gasteiger partial charge in [-0.3, -0.25) is 9.78 Å². The molecule has 1 aliphatic heterocycles. The molecule has 1 aliphatic rings. The largest absolute Gasteiger partial charge is 0.343 e. The van der Waals surface area contributed by atoms with E-state index in [1.807, 2.05) is 41.4 Å². The Hall–Kier alpha value is -3.86. The van der Waals surface area contributed by atoms with Crippen LogP contribution in [0, 0.1) is 6.92 Å². The van der Waals surface area contributed by atoms with Gasteiger partial charge in [-0.2, -0.15) is 0 Å². The number of nitrogens with zero attached hydrogens (tertiary/aromatic N) is 4. The highest BCUT2D eigenvalue weighted by Gasteiger charge is 2.27. The predicted molar refractivity (Wildman–Crippen MR) is 139 cm³/mol. The zero-order valence-electron chi connectivity index (χ0n) is 20.1. The first-order chi connectivity index (χ1) is 17.2. The fourth-order valence-corrected chi connectivity index (χ4v) is 4.75. The maximum atomic E-state index is 12.9. The van der Waals surface area contributed by atoms with Gasteiger partial charge in [0, 0.05) is 55.1 Å². The van der Waals surface area contributed by atoms with E-state index >= 15 is 0 Å². The van der Waals surface area contributed by atoms with Gasteiger partial charge in [-0.1, -0.05) is 60.2 Å². The zero-order valence-corrected chi connectivity index (χ0v) is 20.1. The van der Waals surface area contributed by atoms with Crippen molar-refractivity contribution < 1.29 is 4.79 Å². The molecule has 0 N–H and O–H groups in total. The predicted octanol–water partition coefficient (Wildman–Crippen LogP) is 5.85. The van der Waals surface area contributed by atoms with Gasteiger partial charge < -0.3 is 4.90 Å². The van der Waals surface area contributed by atoms with Crippen molar-refractivity contribution in [2.24, 2.45) is 0 Å². The molecular weight excluding hydrogens is 432 g/mol. The van der Waals surface area contributed by atoms with E-state index in [4.69, 9.17) is 4.98 Å². The minimum atomic E-state index is 0.242. The summed E-state index contributed by atoms with van der Waals surface area (Å²) in [5.74, 6) is 1.22. The van der Waals surface area contributed by atoms with Crippen LogP contribution in [0.4, 0.5) is 0 Å². The number of rotatable bonds is 6. The third kappa shape index (κ3) is 5.46. The highest BCUT2D eigenvalue weighted by Crippen LogP contribution is 2.35. The molecule has 0 radical (unpaired) electrons. The highest BCUT2D eigenvalue weighted by molar-refractivity contribution is 5.76. The van der Waals surface area contributed by atoms with Crippen LogP contribution in [0.25, 0.3) is 22.5 Å². The monoisotopic (exact) mass is 462 g/mol. The number of hydrogen-bond acceptors (Lipinski definition) is 4. The molecule has 0 atom stereocenters. The molecule has 176 valence electrons. The van der Waals surface area contributed by atoms with Crippen LogP contribution in [-0.2, 0) is 11.2 Å². The Balaban J connectivity index is 1.31. The van der Waals surface area contributed by atoms with Crippen LogP contribution in [0.3, 0.4) is 0 Å². The summed E-state index contributed by atoms with van der Waals surface area (Å²) in [5, 5.41) is 0. The number of likely N-dealkylation sites (tertiary alicyclic amines) is 1. The van der Waals surface area contributed by atoms with Crippen molar-refractivity contribution in [3.63, 3.8) is 0 Å². The number of hydrogen-bond donors (Lipinski definition) is 0. The average Bonchev–Trinajstić information content (AvgIpc) is 2.93. The van der Waals surface area contributed by atoms with Crippen LogP contribution >= 0.6 is 0 Å². The minimum Gasteiger partial charge on any atom is -0.343 e. The number of pyridine rings is 1. The number of piperidine rings is 1. The van der Waals surface area contributed by atoms with Gasteiger partial charge in [0.1, 0.15) is 0 Å². The average molecular weight is 463 g/mol. The van der Waals surface area contributed by atoms with E-state index in [2.05, 4.69) is 53.3 Å². The highest BCUT2D eigenvalue weighted by atomic mass is 16.2. The van der Waals surface area contributed by atoms with Crippen LogP contribution in [0.2, 0.25) is 0 Å². The summed E-state index contributed by atoms with van der Waals surface area (Å²) in [4.78, 5) is 28.9. The van der Waals surface area contributed by atoms with Crippen LogP contribution in [0.15, 0.2) is 85.3 Å². The lowest BCUT2D eigenvalue weighted by Gasteiger charge is -2.32. The normalized spacial score (nSPS) is 14.1. The first kappa shape index (κ1) is 22.9. The number of amides is 1. The summed E-state index contributed by atoms with van der Waals surface area (Å²) in [6, 6.07) is 22.7. The van der Waals surface area contributed by atoms with Crippen molar-refractivity contribution in [2.75, 3.05) is 13.1 Å². The van der Waals surface area contributed by atoms with E-state index in [1.165, 1.54) is 11.1 Å². The Morgan fingerprint density at radius 3 is 2.37 bits per heavy atom. The van der Waals surface area contributed by atoms with Gasteiger partial charge in [-0.25, -0.2) is 9.97 Å². The van der Waals surface area contributed by atoms with E-state index < -0.39 is 0 Å². The fraction of sp³-hybridized carbons (Fsp3) is 0.267. The number of benzene rings is 2. The summed E-state index contributed by atoms with van der Waals surface area (Å²) < 4.78 is 0. The van der Waals surface area contributed by atoms with E-state index in [0.29, 0.717) is 12.2 Å². The Morgan fingerprint density at radius 2 is 1.66 bits per heavy atom. The smallest absolute Gasteiger partial charge is 0.222 e. The zero-order chi connectivity index (χ0) is 24.0. The maximum Gasteiger partial charge on any atom is 0.222 e. The molecule has 2 aromatic carbocycles. The fourth-order valence-electron chi connectivity index (χ4n) is 4.75. The molecule has 3 heterocycles. The molecule has 5 heteroatoms. The Morgan fingerprint density at radius 1 is 0.914 bits per heavy atom. The van der Waals surface area contributed by atoms with E-state index in [1.54, 1.807) is 12.4 Å². The molecule has 1 amide bonds. The first-order valence-corrected chi connectivity index (χ1v) is 12.3. The van der Waals surface area contributed by atoms with Crippen LogP contribution in [0.1, 0.15) is 42.0 Å². The third-order valence-corrected chi connectivity index (χ3v) is 6.81. The molecule has 0 aliphatic carbocycles. The molecule has 0 unspecified atom stereocenters. The number of aryl methyl sites for hydroxylation is 2. The van der Waals surface area contributed by atoms with Crippen LogP contribution in [0.5, 0.6) is 0 Å². The van der Waals surface area contributed by atoms with E-state index in [9.17, 15) is 4.79 Å². The Labute approximate surface area is 206 Å². The van der Waals surface area contributed by atoms with Crippen molar-refractivity contribution in [1.29, 1.82) is 0 Å². The molecule has 2 aromatic heterocycles. The van der Waals surface area contributed by atoms with Gasteiger partial charge in [-0.05, 0) is 49.4 Å². The molecule has 5 rings (SSSR count). The second-order valence-corrected chi connectivity index (χ2v) is 9.24. The van der Waals surface area contributed by atoms with Gasteiger partial charge in [-0.15, -0.1) is 0 Å². The van der Waals surface area contributed by atoms with Crippen molar-refractivity contribution in [1.82, 2.24) is 19.9 Å². The van der Waals surface area contributed by atoms with Gasteiger partial charge in [0.2, 0.25) is 5.91 Å². The molecule has 5 nitrogen and oxygen atoms in total. The van der Waals surface area contributed by atoms with Gasteiger partial charge >= 0.3 is 0 Å². The SMILES string of the molecule is Cc1ccc(CCC(=O)N2CCC(c3nc(-c4cccnc4)ncc3-c3ccccc3)CC2)cc1. The Bertz CT molecular complexity index is 1270. The van der Waals surface area contributed by atoms with Crippen molar-refractivity contribution in [3.05, 3.63) is 102 Å². The lowest BCUT2D eigenvalue weighted by molar-refractivity contribution is -0.132. The molecule has 35 heavy (non-hydrogen) atoms. The summed E-state index contributed by atoms with van der Waals surface area (Å²) >= 11 is 0. The Kier molecular flexibility index (Phi) is 6.94. The first-order valence-electron chi connectivity index (χ1n) is 12.3. The second kappa shape index (κ2) is 10.6. The number of carbonyl (C=O) groups is 1. The molecule has 0 spiro atoms. The van der Waals surface area contributed by atoms with E-state index in [-0.39, 0.29) is 11.8 Å². The molecule has 1 saturated heterocycles. The quantitative estimate of drug-likeness (QED) is 0.360. The second-order valence-electron chi connectivity index (χ2n) is 9.24. The summed E-state index contributed by atoms with van der Waals surface area (Å²) in [6.45, 7) is 3.61. The standard InChI is InChI=1S/C30H30N4O/c1-22-9-11-23(12-10-22)13-14-28(35)34-18-15-25(16-19-34)29-27(24-6-3-2-4-7-24)21-32-30(33-29)26-8-5-17-31-20-26/h2-12,17,20-21,25H,13-16,18-19H2,1H3. The molecular formula is C30H30N4O. The van der Waals surface area contributed by atoms with Crippen molar-refractivity contribution in [2.45, 2.75) is 38.5 Å². The van der Waals surface area contributed by atoms with Gasteiger partial charge in [0.25, 0.3) is 0 Å². The number of carbonyl (C=O) groups excluding carboxylic acids is 1. The summed E-state index contributed by atoms with van der Waals surface area (Å²) in [5.41, 5.74) is 6.64. The van der Waals surface area contributed by atoms with Crippen LogP contribution < -0.4 is 0 Å². The van der Waals surface area contributed by atoms with Gasteiger partial charge in [0.15, 0.2) is 5.82 Å². The topological polar surface area (TPSA) is 59.0 Å². The lowest BCUT2D eigenvalue weighted by Crippen LogP contribution is -2.38. The minimum absolute atomic E-state index is 0.242. The maximum absolute atomic E-state index is 12.9. The van der Waals surface area contributed by atoms with Crippen LogP contribution in [-0.4, -0.2) is 38.8 Å². The van der Waals surface area contributed by atoms with E-state index in [0.717, 1.165) is 54.7 Å². The van der Waals surface area contributed by atoms with Gasteiger partial charge in [0.05, 0.1) is 5.69 Å². The van der Waals surface area contributed by atoms with Crippen molar-refractivity contribution >= 4 is 5.91 Å². The molecule has 0 saturated carbocycles. The summed E-state index contributed by atoms with van der Waals surface area (Å²) in [6.07, 6.45) is 8.66. The van der Waals surface area contributed by atoms with Crippen molar-refractivity contribution in [3.8, 4) is 22.5 Å².